The van der Waals surface area contributed by atoms with Gasteiger partial charge < -0.3 is 5.11 Å². The van der Waals surface area contributed by atoms with Crippen molar-refractivity contribution in [2.75, 3.05) is 24.7 Å². The summed E-state index contributed by atoms with van der Waals surface area (Å²) in [6.07, 6.45) is 0. The molecule has 0 atom stereocenters. The molecule has 26 heavy (non-hydrogen) atoms. The van der Waals surface area contributed by atoms with Crippen LogP contribution in [0.1, 0.15) is 29.8 Å². The molecule has 0 bridgehead atoms. The second-order valence-electron chi connectivity index (χ2n) is 6.01. The summed E-state index contributed by atoms with van der Waals surface area (Å²) < 4.78 is 0. The second-order valence-corrected chi connectivity index (χ2v) is 6.01. The van der Waals surface area contributed by atoms with E-state index < -0.39 is 5.97 Å². The van der Waals surface area contributed by atoms with Gasteiger partial charge >= 0.3 is 5.97 Å². The van der Waals surface area contributed by atoms with Gasteiger partial charge in [0.1, 0.15) is 5.71 Å². The topological polar surface area (TPSA) is 73.2 Å². The quantitative estimate of drug-likeness (QED) is 0.868. The molecule has 0 spiro atoms. The van der Waals surface area contributed by atoms with Crippen molar-refractivity contribution in [1.82, 2.24) is 4.90 Å². The molecule has 134 valence electrons. The molecule has 2 aromatic carbocycles. The summed E-state index contributed by atoms with van der Waals surface area (Å²) in [6, 6.07) is 13.8. The van der Waals surface area contributed by atoms with Crippen molar-refractivity contribution in [2.45, 2.75) is 13.8 Å². The number of aliphatic imine (C=N–C) groups is 1. The number of carboxylic acid groups (broad SMARTS) is 1. The second kappa shape index (κ2) is 7.49. The molecule has 1 aliphatic rings. The standard InChI is InChI=1S/C20H21N3O3/c1-3-22(4-2)13-23-17-11-6-5-10-16(17)18(19(23)24)21-15-9-7-8-14(12-15)20(25)26/h5-12H,3-4,13H2,1-2H3,(H,25,26). The normalized spacial score (nSPS) is 15.0. The van der Waals surface area contributed by atoms with Crippen LogP contribution in [0, 0.1) is 0 Å². The zero-order chi connectivity index (χ0) is 18.7. The summed E-state index contributed by atoms with van der Waals surface area (Å²) in [5.74, 6) is -1.19. The van der Waals surface area contributed by atoms with Gasteiger partial charge in [-0.3, -0.25) is 14.6 Å². The highest BCUT2D eigenvalue weighted by molar-refractivity contribution is 6.54. The predicted octanol–water partition coefficient (Wildman–Crippen LogP) is 3.15. The highest BCUT2D eigenvalue weighted by Crippen LogP contribution is 2.31. The lowest BCUT2D eigenvalue weighted by molar-refractivity contribution is -0.112. The first-order valence-electron chi connectivity index (χ1n) is 8.60. The Kier molecular flexibility index (Phi) is 5.14. The summed E-state index contributed by atoms with van der Waals surface area (Å²) in [5, 5.41) is 9.15. The fourth-order valence-corrected chi connectivity index (χ4v) is 2.97. The van der Waals surface area contributed by atoms with Gasteiger partial charge in [-0.15, -0.1) is 0 Å². The van der Waals surface area contributed by atoms with Crippen LogP contribution in [0.15, 0.2) is 53.5 Å². The molecular formula is C20H21N3O3. The first-order valence-corrected chi connectivity index (χ1v) is 8.60. The minimum atomic E-state index is -1.02. The Bertz CT molecular complexity index is 872. The number of carbonyl (C=O) groups excluding carboxylic acids is 1. The maximum atomic E-state index is 13.0. The van der Waals surface area contributed by atoms with Crippen LogP contribution in [0.5, 0.6) is 0 Å². The Labute approximate surface area is 152 Å². The molecule has 1 amide bonds. The smallest absolute Gasteiger partial charge is 0.335 e. The van der Waals surface area contributed by atoms with E-state index in [4.69, 9.17) is 5.11 Å². The molecule has 0 aromatic heterocycles. The lowest BCUT2D eigenvalue weighted by Crippen LogP contribution is -2.41. The molecule has 0 radical (unpaired) electrons. The third-order valence-corrected chi connectivity index (χ3v) is 4.47. The van der Waals surface area contributed by atoms with Gasteiger partial charge in [0, 0.05) is 5.56 Å². The van der Waals surface area contributed by atoms with Gasteiger partial charge in [-0.1, -0.05) is 38.1 Å². The van der Waals surface area contributed by atoms with Gasteiger partial charge in [0.25, 0.3) is 5.91 Å². The average Bonchev–Trinajstić information content (AvgIpc) is 2.91. The maximum absolute atomic E-state index is 13.0. The fraction of sp³-hybridized carbons (Fsp3) is 0.250. The summed E-state index contributed by atoms with van der Waals surface area (Å²) >= 11 is 0. The molecule has 1 aliphatic heterocycles. The van der Waals surface area contributed by atoms with Crippen LogP contribution in [0.2, 0.25) is 0 Å². The number of fused-ring (bicyclic) bond motifs is 1. The third kappa shape index (κ3) is 3.36. The molecule has 6 heteroatoms. The van der Waals surface area contributed by atoms with Crippen LogP contribution in [0.3, 0.4) is 0 Å². The molecule has 0 saturated carbocycles. The Morgan fingerprint density at radius 2 is 1.85 bits per heavy atom. The molecule has 0 saturated heterocycles. The summed E-state index contributed by atoms with van der Waals surface area (Å²) in [7, 11) is 0. The highest BCUT2D eigenvalue weighted by Gasteiger charge is 2.34. The van der Waals surface area contributed by atoms with E-state index in [1.54, 1.807) is 17.0 Å². The monoisotopic (exact) mass is 351 g/mol. The van der Waals surface area contributed by atoms with E-state index in [-0.39, 0.29) is 11.5 Å². The van der Waals surface area contributed by atoms with Gasteiger partial charge in [0.05, 0.1) is 23.6 Å². The van der Waals surface area contributed by atoms with E-state index in [1.807, 2.05) is 24.3 Å². The Balaban J connectivity index is 2.02. The maximum Gasteiger partial charge on any atom is 0.335 e. The van der Waals surface area contributed by atoms with E-state index in [9.17, 15) is 9.59 Å². The van der Waals surface area contributed by atoms with Crippen molar-refractivity contribution in [3.8, 4) is 0 Å². The molecule has 0 aliphatic carbocycles. The van der Waals surface area contributed by atoms with Crippen molar-refractivity contribution in [2.24, 2.45) is 4.99 Å². The first kappa shape index (κ1) is 17.8. The number of hydrogen-bond acceptors (Lipinski definition) is 4. The van der Waals surface area contributed by atoms with E-state index in [1.165, 1.54) is 12.1 Å². The minimum absolute atomic E-state index is 0.144. The SMILES string of the molecule is CCN(CC)CN1C(=O)C(=Nc2cccc(C(=O)O)c2)c2ccccc21. The number of benzene rings is 2. The molecule has 1 heterocycles. The number of rotatable bonds is 6. The number of para-hydroxylation sites is 1. The van der Waals surface area contributed by atoms with Crippen molar-refractivity contribution in [3.63, 3.8) is 0 Å². The summed E-state index contributed by atoms with van der Waals surface area (Å²) in [6.45, 7) is 6.30. The summed E-state index contributed by atoms with van der Waals surface area (Å²) in [5.41, 5.74) is 2.54. The molecule has 3 rings (SSSR count). The van der Waals surface area contributed by atoms with E-state index in [2.05, 4.69) is 23.7 Å². The predicted molar refractivity (Wildman–Crippen MR) is 101 cm³/mol. The van der Waals surface area contributed by atoms with Crippen LogP contribution in [-0.2, 0) is 4.79 Å². The van der Waals surface area contributed by atoms with Crippen molar-refractivity contribution >= 4 is 29.0 Å². The third-order valence-electron chi connectivity index (χ3n) is 4.47. The fourth-order valence-electron chi connectivity index (χ4n) is 2.97. The number of aromatic carboxylic acids is 1. The van der Waals surface area contributed by atoms with Crippen LogP contribution >= 0.6 is 0 Å². The summed E-state index contributed by atoms with van der Waals surface area (Å²) in [4.78, 5) is 32.5. The van der Waals surface area contributed by atoms with Crippen molar-refractivity contribution < 1.29 is 14.7 Å². The Morgan fingerprint density at radius 3 is 2.54 bits per heavy atom. The Hall–Kier alpha value is -2.99. The number of carboxylic acids is 1. The van der Waals surface area contributed by atoms with Crippen molar-refractivity contribution in [1.29, 1.82) is 0 Å². The number of hydrogen-bond donors (Lipinski definition) is 1. The van der Waals surface area contributed by atoms with Crippen LogP contribution < -0.4 is 4.90 Å². The van der Waals surface area contributed by atoms with Gasteiger partial charge in [-0.2, -0.15) is 0 Å². The first-order chi connectivity index (χ1) is 12.5. The number of amides is 1. The largest absolute Gasteiger partial charge is 0.478 e. The zero-order valence-electron chi connectivity index (χ0n) is 14.8. The minimum Gasteiger partial charge on any atom is -0.478 e. The molecule has 1 N–H and O–H groups in total. The van der Waals surface area contributed by atoms with E-state index >= 15 is 0 Å². The Morgan fingerprint density at radius 1 is 1.12 bits per heavy atom. The number of carbonyl (C=O) groups is 2. The average molecular weight is 351 g/mol. The molecule has 2 aromatic rings. The molecule has 6 nitrogen and oxygen atoms in total. The van der Waals surface area contributed by atoms with E-state index in [0.717, 1.165) is 24.3 Å². The van der Waals surface area contributed by atoms with Crippen LogP contribution in [0.4, 0.5) is 11.4 Å². The van der Waals surface area contributed by atoms with E-state index in [0.29, 0.717) is 18.1 Å². The van der Waals surface area contributed by atoms with Gasteiger partial charge in [-0.05, 0) is 37.4 Å². The number of anilines is 1. The van der Waals surface area contributed by atoms with Gasteiger partial charge in [0.15, 0.2) is 0 Å². The molecule has 0 fully saturated rings. The zero-order valence-corrected chi connectivity index (χ0v) is 14.8. The van der Waals surface area contributed by atoms with Gasteiger partial charge in [0.2, 0.25) is 0 Å². The van der Waals surface area contributed by atoms with Gasteiger partial charge in [-0.25, -0.2) is 9.79 Å². The molecular weight excluding hydrogens is 330 g/mol. The number of nitrogens with zero attached hydrogens (tertiary/aromatic N) is 3. The lowest BCUT2D eigenvalue weighted by atomic mass is 10.1. The van der Waals surface area contributed by atoms with Crippen molar-refractivity contribution in [3.05, 3.63) is 59.7 Å². The highest BCUT2D eigenvalue weighted by atomic mass is 16.4. The van der Waals surface area contributed by atoms with Crippen LogP contribution in [-0.4, -0.2) is 47.4 Å². The lowest BCUT2D eigenvalue weighted by Gasteiger charge is -2.25. The molecule has 0 unspecified atom stereocenters. The van der Waals surface area contributed by atoms with Crippen LogP contribution in [0.25, 0.3) is 0 Å².